The minimum absolute atomic E-state index is 0.00336. The fraction of sp³-hybridized carbons (Fsp3) is 0.150. The van der Waals surface area contributed by atoms with E-state index in [9.17, 15) is 9.59 Å². The summed E-state index contributed by atoms with van der Waals surface area (Å²) < 4.78 is 5.63. The number of halogens is 1. The monoisotopic (exact) mass is 383 g/mol. The number of nitrogens with one attached hydrogen (secondary N) is 2. The summed E-state index contributed by atoms with van der Waals surface area (Å²) >= 11 is 5.81. The Bertz CT molecular complexity index is 937. The quantitative estimate of drug-likeness (QED) is 0.662. The van der Waals surface area contributed by atoms with Gasteiger partial charge in [0, 0.05) is 10.6 Å². The number of hydrogen-bond acceptors (Lipinski definition) is 4. The van der Waals surface area contributed by atoms with Gasteiger partial charge in [0.15, 0.2) is 0 Å². The molecule has 2 amide bonds. The predicted molar refractivity (Wildman–Crippen MR) is 102 cm³/mol. The van der Waals surface area contributed by atoms with Gasteiger partial charge in [0.2, 0.25) is 17.7 Å². The SMILES string of the molecule is Cc1oc(-c2ccccc2)nc1CC(=O)NNC(=O)Cc1ccc(Cl)cc1. The Hall–Kier alpha value is -3.12. The molecule has 2 N–H and O–H groups in total. The van der Waals surface area contributed by atoms with Crippen LogP contribution in [-0.4, -0.2) is 16.8 Å². The van der Waals surface area contributed by atoms with E-state index in [0.717, 1.165) is 11.1 Å². The van der Waals surface area contributed by atoms with Gasteiger partial charge < -0.3 is 4.42 Å². The van der Waals surface area contributed by atoms with Gasteiger partial charge in [-0.25, -0.2) is 4.98 Å². The van der Waals surface area contributed by atoms with Crippen molar-refractivity contribution in [1.29, 1.82) is 0 Å². The van der Waals surface area contributed by atoms with Gasteiger partial charge in [-0.3, -0.25) is 20.4 Å². The largest absolute Gasteiger partial charge is 0.441 e. The second-order valence-electron chi connectivity index (χ2n) is 5.96. The molecule has 1 aromatic heterocycles. The van der Waals surface area contributed by atoms with Gasteiger partial charge >= 0.3 is 0 Å². The lowest BCUT2D eigenvalue weighted by molar-refractivity contribution is -0.128. The van der Waals surface area contributed by atoms with E-state index in [1.54, 1.807) is 31.2 Å². The third kappa shape index (κ3) is 5.18. The molecular formula is C20H18ClN3O3. The third-order valence-corrected chi connectivity index (χ3v) is 4.11. The Balaban J connectivity index is 1.53. The number of nitrogens with zero attached hydrogens (tertiary/aromatic N) is 1. The molecule has 3 rings (SSSR count). The van der Waals surface area contributed by atoms with Crippen molar-refractivity contribution in [3.8, 4) is 11.5 Å². The summed E-state index contributed by atoms with van der Waals surface area (Å²) in [6, 6.07) is 16.4. The molecule has 6 nitrogen and oxygen atoms in total. The highest BCUT2D eigenvalue weighted by Crippen LogP contribution is 2.21. The van der Waals surface area contributed by atoms with Crippen molar-refractivity contribution in [1.82, 2.24) is 15.8 Å². The zero-order valence-corrected chi connectivity index (χ0v) is 15.4. The van der Waals surface area contributed by atoms with E-state index in [1.807, 2.05) is 30.3 Å². The number of amides is 2. The van der Waals surface area contributed by atoms with Crippen LogP contribution >= 0.6 is 11.6 Å². The number of benzene rings is 2. The number of hydrogen-bond donors (Lipinski definition) is 2. The second kappa shape index (κ2) is 8.51. The molecule has 0 spiro atoms. The summed E-state index contributed by atoms with van der Waals surface area (Å²) in [4.78, 5) is 28.4. The summed E-state index contributed by atoms with van der Waals surface area (Å²) in [5.74, 6) is 0.321. The van der Waals surface area contributed by atoms with Crippen LogP contribution in [0.5, 0.6) is 0 Å². The van der Waals surface area contributed by atoms with Crippen LogP contribution in [0.3, 0.4) is 0 Å². The lowest BCUT2D eigenvalue weighted by Crippen LogP contribution is -2.43. The molecule has 2 aromatic carbocycles. The molecule has 0 saturated heterocycles. The van der Waals surface area contributed by atoms with E-state index < -0.39 is 0 Å². The summed E-state index contributed by atoms with van der Waals surface area (Å²) in [5, 5.41) is 0.602. The van der Waals surface area contributed by atoms with Crippen molar-refractivity contribution in [2.24, 2.45) is 0 Å². The van der Waals surface area contributed by atoms with Gasteiger partial charge in [-0.15, -0.1) is 0 Å². The number of carbonyl (C=O) groups is 2. The molecule has 0 aliphatic heterocycles. The number of aryl methyl sites for hydroxylation is 1. The minimum atomic E-state index is -0.379. The first-order valence-electron chi connectivity index (χ1n) is 8.35. The van der Waals surface area contributed by atoms with E-state index in [4.69, 9.17) is 16.0 Å². The molecule has 0 unspecified atom stereocenters. The van der Waals surface area contributed by atoms with Gasteiger partial charge in [-0.05, 0) is 36.8 Å². The molecule has 0 aliphatic rings. The topological polar surface area (TPSA) is 84.2 Å². The van der Waals surface area contributed by atoms with Crippen molar-refractivity contribution in [2.45, 2.75) is 19.8 Å². The fourth-order valence-electron chi connectivity index (χ4n) is 2.46. The molecule has 0 bridgehead atoms. The maximum absolute atomic E-state index is 12.1. The molecule has 3 aromatic rings. The van der Waals surface area contributed by atoms with Crippen molar-refractivity contribution in [3.63, 3.8) is 0 Å². The lowest BCUT2D eigenvalue weighted by Gasteiger charge is -2.07. The minimum Gasteiger partial charge on any atom is -0.441 e. The van der Waals surface area contributed by atoms with Gasteiger partial charge in [0.05, 0.1) is 18.5 Å². The summed E-state index contributed by atoms with van der Waals surface area (Å²) in [7, 11) is 0. The molecule has 27 heavy (non-hydrogen) atoms. The highest BCUT2D eigenvalue weighted by Gasteiger charge is 2.15. The zero-order chi connectivity index (χ0) is 19.2. The van der Waals surface area contributed by atoms with Crippen LogP contribution in [0.25, 0.3) is 11.5 Å². The maximum atomic E-state index is 12.1. The second-order valence-corrected chi connectivity index (χ2v) is 6.40. The highest BCUT2D eigenvalue weighted by atomic mass is 35.5. The molecule has 1 heterocycles. The third-order valence-electron chi connectivity index (χ3n) is 3.86. The highest BCUT2D eigenvalue weighted by molar-refractivity contribution is 6.30. The fourth-order valence-corrected chi connectivity index (χ4v) is 2.59. The number of oxazole rings is 1. The zero-order valence-electron chi connectivity index (χ0n) is 14.7. The average molecular weight is 384 g/mol. The Morgan fingerprint density at radius 3 is 2.26 bits per heavy atom. The van der Waals surface area contributed by atoms with Gasteiger partial charge in [0.25, 0.3) is 0 Å². The summed E-state index contributed by atoms with van der Waals surface area (Å²) in [6.07, 6.45) is 0.141. The Morgan fingerprint density at radius 2 is 1.59 bits per heavy atom. The van der Waals surface area contributed by atoms with E-state index in [2.05, 4.69) is 15.8 Å². The van der Waals surface area contributed by atoms with Crippen molar-refractivity contribution >= 4 is 23.4 Å². The van der Waals surface area contributed by atoms with Crippen LogP contribution in [0.15, 0.2) is 59.0 Å². The van der Waals surface area contributed by atoms with E-state index in [-0.39, 0.29) is 24.7 Å². The van der Waals surface area contributed by atoms with Crippen LogP contribution in [0, 0.1) is 6.92 Å². The van der Waals surface area contributed by atoms with Crippen molar-refractivity contribution in [2.75, 3.05) is 0 Å². The molecule has 0 saturated carbocycles. The van der Waals surface area contributed by atoms with E-state index in [0.29, 0.717) is 22.4 Å². The normalized spacial score (nSPS) is 10.4. The lowest BCUT2D eigenvalue weighted by atomic mass is 10.1. The van der Waals surface area contributed by atoms with Crippen molar-refractivity contribution < 1.29 is 14.0 Å². The molecular weight excluding hydrogens is 366 g/mol. The molecule has 7 heteroatoms. The average Bonchev–Trinajstić information content (AvgIpc) is 3.03. The number of aromatic nitrogens is 1. The standard InChI is InChI=1S/C20H18ClN3O3/c1-13-17(22-20(27-13)15-5-3-2-4-6-15)12-19(26)24-23-18(25)11-14-7-9-16(21)10-8-14/h2-10H,11-12H2,1H3,(H,23,25)(H,24,26). The summed E-state index contributed by atoms with van der Waals surface area (Å²) in [5.41, 5.74) is 6.95. The Kier molecular flexibility index (Phi) is 5.88. The molecule has 0 aliphatic carbocycles. The number of carbonyl (C=O) groups excluding carboxylic acids is 2. The van der Waals surface area contributed by atoms with E-state index >= 15 is 0 Å². The first kappa shape index (κ1) is 18.7. The van der Waals surface area contributed by atoms with Crippen molar-refractivity contribution in [3.05, 3.63) is 76.6 Å². The Morgan fingerprint density at radius 1 is 0.963 bits per heavy atom. The van der Waals surface area contributed by atoms with Crippen LogP contribution in [0.2, 0.25) is 5.02 Å². The molecule has 138 valence electrons. The first-order chi connectivity index (χ1) is 13.0. The van der Waals surface area contributed by atoms with Gasteiger partial charge in [0.1, 0.15) is 5.76 Å². The number of rotatable bonds is 5. The molecule has 0 fully saturated rings. The van der Waals surface area contributed by atoms with Crippen LogP contribution < -0.4 is 10.9 Å². The summed E-state index contributed by atoms with van der Waals surface area (Å²) in [6.45, 7) is 1.75. The van der Waals surface area contributed by atoms with Gasteiger partial charge in [-0.1, -0.05) is 41.9 Å². The van der Waals surface area contributed by atoms with E-state index in [1.165, 1.54) is 0 Å². The smallest absolute Gasteiger partial charge is 0.244 e. The molecule has 0 radical (unpaired) electrons. The van der Waals surface area contributed by atoms with Crippen LogP contribution in [-0.2, 0) is 22.4 Å². The molecule has 0 atom stereocenters. The number of hydrazine groups is 1. The van der Waals surface area contributed by atoms with Gasteiger partial charge in [-0.2, -0.15) is 0 Å². The maximum Gasteiger partial charge on any atom is 0.244 e. The van der Waals surface area contributed by atoms with Crippen LogP contribution in [0.4, 0.5) is 0 Å². The first-order valence-corrected chi connectivity index (χ1v) is 8.73. The predicted octanol–water partition coefficient (Wildman–Crippen LogP) is 3.24. The Labute approximate surface area is 161 Å². The van der Waals surface area contributed by atoms with Crippen LogP contribution in [0.1, 0.15) is 17.0 Å².